The molecule has 1 rings (SSSR count). The summed E-state index contributed by atoms with van der Waals surface area (Å²) in [6, 6.07) is 6.91. The van der Waals surface area contributed by atoms with Gasteiger partial charge < -0.3 is 4.74 Å². The second-order valence-corrected chi connectivity index (χ2v) is 2.40. The molecule has 0 fully saturated rings. The molecule has 0 N–H and O–H groups in total. The summed E-state index contributed by atoms with van der Waals surface area (Å²) in [5.41, 5.74) is 0.689. The SMILES string of the molecule is COc1cccc(CC([O])=O)c1. The van der Waals surface area contributed by atoms with Gasteiger partial charge in [0, 0.05) is 0 Å². The van der Waals surface area contributed by atoms with Crippen molar-refractivity contribution in [1.82, 2.24) is 0 Å². The zero-order chi connectivity index (χ0) is 8.97. The molecule has 0 saturated carbocycles. The highest BCUT2D eigenvalue weighted by atomic mass is 16.5. The lowest BCUT2D eigenvalue weighted by atomic mass is 10.1. The molecule has 0 aliphatic heterocycles. The van der Waals surface area contributed by atoms with E-state index in [1.807, 2.05) is 0 Å². The Balaban J connectivity index is 2.79. The van der Waals surface area contributed by atoms with Crippen molar-refractivity contribution >= 4 is 5.97 Å². The van der Waals surface area contributed by atoms with E-state index in [0.29, 0.717) is 11.3 Å². The maximum absolute atomic E-state index is 10.2. The molecule has 0 aliphatic carbocycles. The number of carbonyl (C=O) groups excluding carboxylic acids is 1. The molecule has 12 heavy (non-hydrogen) atoms. The van der Waals surface area contributed by atoms with Crippen molar-refractivity contribution in [3.8, 4) is 5.75 Å². The lowest BCUT2D eigenvalue weighted by Crippen LogP contribution is -1.98. The smallest absolute Gasteiger partial charge is 0.359 e. The van der Waals surface area contributed by atoms with Crippen LogP contribution in [0.5, 0.6) is 5.75 Å². The van der Waals surface area contributed by atoms with Crippen LogP contribution in [-0.2, 0) is 16.3 Å². The summed E-state index contributed by atoms with van der Waals surface area (Å²) >= 11 is 0. The Hall–Kier alpha value is -1.51. The minimum atomic E-state index is -1.08. The van der Waals surface area contributed by atoms with Gasteiger partial charge in [-0.3, -0.25) is 0 Å². The number of ether oxygens (including phenoxy) is 1. The fraction of sp³-hybridized carbons (Fsp3) is 0.222. The van der Waals surface area contributed by atoms with Crippen LogP contribution in [0, 0.1) is 0 Å². The minimum Gasteiger partial charge on any atom is -0.497 e. The largest absolute Gasteiger partial charge is 0.497 e. The average Bonchev–Trinajstić information content (AvgIpc) is 2.03. The summed E-state index contributed by atoms with van der Waals surface area (Å²) in [4.78, 5) is 10.2. The zero-order valence-corrected chi connectivity index (χ0v) is 6.74. The molecule has 1 radical (unpaired) electrons. The Bertz CT molecular complexity index is 281. The number of hydrogen-bond donors (Lipinski definition) is 0. The Morgan fingerprint density at radius 3 is 2.83 bits per heavy atom. The third kappa shape index (κ3) is 2.27. The van der Waals surface area contributed by atoms with Crippen LogP contribution in [0.1, 0.15) is 5.56 Å². The predicted molar refractivity (Wildman–Crippen MR) is 42.4 cm³/mol. The lowest BCUT2D eigenvalue weighted by molar-refractivity contribution is -0.142. The van der Waals surface area contributed by atoms with E-state index in [-0.39, 0.29) is 6.42 Å². The molecule has 0 atom stereocenters. The van der Waals surface area contributed by atoms with Crippen LogP contribution in [0.3, 0.4) is 0 Å². The Morgan fingerprint density at radius 1 is 1.50 bits per heavy atom. The molecule has 0 spiro atoms. The minimum absolute atomic E-state index is 0.0722. The molecular formula is C9H9O3. The fourth-order valence-corrected chi connectivity index (χ4v) is 0.949. The van der Waals surface area contributed by atoms with Crippen LogP contribution >= 0.6 is 0 Å². The molecule has 0 saturated heterocycles. The van der Waals surface area contributed by atoms with Crippen molar-refractivity contribution in [2.75, 3.05) is 7.11 Å². The van der Waals surface area contributed by atoms with Gasteiger partial charge in [-0.2, -0.15) is 0 Å². The van der Waals surface area contributed by atoms with Crippen LogP contribution in [0.4, 0.5) is 0 Å². The molecular weight excluding hydrogens is 156 g/mol. The van der Waals surface area contributed by atoms with Gasteiger partial charge in [-0.25, -0.2) is 9.90 Å². The maximum Gasteiger partial charge on any atom is 0.359 e. The van der Waals surface area contributed by atoms with E-state index in [4.69, 9.17) is 4.74 Å². The summed E-state index contributed by atoms with van der Waals surface area (Å²) in [5.74, 6) is -0.419. The molecule has 3 heteroatoms. The van der Waals surface area contributed by atoms with E-state index in [0.717, 1.165) is 0 Å². The highest BCUT2D eigenvalue weighted by molar-refractivity contribution is 5.69. The Labute approximate surface area is 70.6 Å². The van der Waals surface area contributed by atoms with Gasteiger partial charge in [0.25, 0.3) is 0 Å². The molecule has 3 nitrogen and oxygen atoms in total. The number of benzene rings is 1. The third-order valence-electron chi connectivity index (χ3n) is 1.48. The van der Waals surface area contributed by atoms with Gasteiger partial charge >= 0.3 is 5.97 Å². The fourth-order valence-electron chi connectivity index (χ4n) is 0.949. The molecule has 63 valence electrons. The number of rotatable bonds is 3. The van der Waals surface area contributed by atoms with Crippen LogP contribution in [0.15, 0.2) is 24.3 Å². The van der Waals surface area contributed by atoms with E-state index in [2.05, 4.69) is 0 Å². The average molecular weight is 165 g/mol. The molecule has 0 aliphatic rings. The summed E-state index contributed by atoms with van der Waals surface area (Å²) in [7, 11) is 1.54. The molecule has 0 amide bonds. The second kappa shape index (κ2) is 3.76. The van der Waals surface area contributed by atoms with Crippen molar-refractivity contribution in [3.63, 3.8) is 0 Å². The standard InChI is InChI=1S/C9H9O3/c1-12-8-4-2-3-7(5-8)6-9(10)11/h2-5H,6H2,1H3. The first-order chi connectivity index (χ1) is 5.72. The van der Waals surface area contributed by atoms with Crippen molar-refractivity contribution in [2.24, 2.45) is 0 Å². The molecule has 1 aromatic carbocycles. The topological polar surface area (TPSA) is 46.2 Å². The summed E-state index contributed by atoms with van der Waals surface area (Å²) < 4.78 is 4.92. The lowest BCUT2D eigenvalue weighted by Gasteiger charge is -2.00. The molecule has 0 aromatic heterocycles. The van der Waals surface area contributed by atoms with Gasteiger partial charge in [0.05, 0.1) is 13.5 Å². The quantitative estimate of drug-likeness (QED) is 0.675. The highest BCUT2D eigenvalue weighted by Crippen LogP contribution is 2.12. The van der Waals surface area contributed by atoms with Crippen molar-refractivity contribution in [3.05, 3.63) is 29.8 Å². The summed E-state index contributed by atoms with van der Waals surface area (Å²) in [6.07, 6.45) is -0.0722. The van der Waals surface area contributed by atoms with Gasteiger partial charge in [-0.15, -0.1) is 0 Å². The highest BCUT2D eigenvalue weighted by Gasteiger charge is 2.02. The van der Waals surface area contributed by atoms with Crippen molar-refractivity contribution < 1.29 is 14.6 Å². The summed E-state index contributed by atoms with van der Waals surface area (Å²) in [5, 5.41) is 10.2. The Kier molecular flexibility index (Phi) is 2.69. The Morgan fingerprint density at radius 2 is 2.25 bits per heavy atom. The molecule has 1 aromatic rings. The van der Waals surface area contributed by atoms with E-state index >= 15 is 0 Å². The molecule has 0 heterocycles. The van der Waals surface area contributed by atoms with Crippen LogP contribution in [-0.4, -0.2) is 13.1 Å². The van der Waals surface area contributed by atoms with E-state index < -0.39 is 5.97 Å². The van der Waals surface area contributed by atoms with E-state index in [1.165, 1.54) is 7.11 Å². The van der Waals surface area contributed by atoms with Gasteiger partial charge in [0.15, 0.2) is 0 Å². The normalized spacial score (nSPS) is 9.42. The number of carbonyl (C=O) groups is 1. The van der Waals surface area contributed by atoms with Crippen molar-refractivity contribution in [2.45, 2.75) is 6.42 Å². The van der Waals surface area contributed by atoms with Crippen LogP contribution < -0.4 is 4.74 Å². The monoisotopic (exact) mass is 165 g/mol. The van der Waals surface area contributed by atoms with E-state index in [9.17, 15) is 9.90 Å². The third-order valence-corrected chi connectivity index (χ3v) is 1.48. The number of hydrogen-bond acceptors (Lipinski definition) is 2. The zero-order valence-electron chi connectivity index (χ0n) is 6.74. The first-order valence-electron chi connectivity index (χ1n) is 3.55. The van der Waals surface area contributed by atoms with Gasteiger partial charge in [-0.1, -0.05) is 12.1 Å². The number of methoxy groups -OCH3 is 1. The first kappa shape index (κ1) is 8.59. The van der Waals surface area contributed by atoms with E-state index in [1.54, 1.807) is 24.3 Å². The first-order valence-corrected chi connectivity index (χ1v) is 3.55. The van der Waals surface area contributed by atoms with Gasteiger partial charge in [0.1, 0.15) is 5.75 Å². The molecule has 0 bridgehead atoms. The molecule has 0 unspecified atom stereocenters. The van der Waals surface area contributed by atoms with Crippen molar-refractivity contribution in [1.29, 1.82) is 0 Å². The van der Waals surface area contributed by atoms with Crippen LogP contribution in [0.25, 0.3) is 0 Å². The van der Waals surface area contributed by atoms with Crippen LogP contribution in [0.2, 0.25) is 0 Å². The van der Waals surface area contributed by atoms with Gasteiger partial charge in [-0.05, 0) is 17.7 Å². The maximum atomic E-state index is 10.2. The predicted octanol–water partition coefficient (Wildman–Crippen LogP) is 1.19. The van der Waals surface area contributed by atoms with Gasteiger partial charge in [0.2, 0.25) is 0 Å². The second-order valence-electron chi connectivity index (χ2n) is 2.40. The summed E-state index contributed by atoms with van der Waals surface area (Å²) in [6.45, 7) is 0.